The molecule has 2 aromatic carbocycles. The Kier molecular flexibility index (Phi) is 4.71. The molecule has 3 rings (SSSR count). The number of hydrogen-bond acceptors (Lipinski definition) is 3. The number of morpholine rings is 1. The van der Waals surface area contributed by atoms with Gasteiger partial charge in [0.1, 0.15) is 0 Å². The molecule has 24 heavy (non-hydrogen) atoms. The molecule has 128 valence electrons. The molecule has 2 aromatic rings. The minimum absolute atomic E-state index is 0.255. The molecular formula is C18H20ClNO3S. The van der Waals surface area contributed by atoms with Gasteiger partial charge in [0, 0.05) is 11.6 Å². The molecule has 0 N–H and O–H groups in total. The van der Waals surface area contributed by atoms with E-state index in [0.29, 0.717) is 16.5 Å². The van der Waals surface area contributed by atoms with Gasteiger partial charge in [-0.25, -0.2) is 8.42 Å². The largest absolute Gasteiger partial charge is 0.370 e. The van der Waals surface area contributed by atoms with E-state index in [1.54, 1.807) is 36.4 Å². The van der Waals surface area contributed by atoms with Gasteiger partial charge in [-0.2, -0.15) is 4.31 Å². The Balaban J connectivity index is 1.96. The molecule has 1 aliphatic rings. The van der Waals surface area contributed by atoms with E-state index in [1.807, 2.05) is 32.0 Å². The van der Waals surface area contributed by atoms with Crippen molar-refractivity contribution in [3.05, 3.63) is 65.2 Å². The summed E-state index contributed by atoms with van der Waals surface area (Å²) in [5.41, 5.74) is 0.260. The highest BCUT2D eigenvalue weighted by Gasteiger charge is 2.43. The monoisotopic (exact) mass is 365 g/mol. The second-order valence-electron chi connectivity index (χ2n) is 6.52. The number of rotatable bonds is 3. The molecule has 0 radical (unpaired) electrons. The van der Waals surface area contributed by atoms with Crippen molar-refractivity contribution in [1.29, 1.82) is 0 Å². The molecule has 1 aliphatic heterocycles. The van der Waals surface area contributed by atoms with Crippen molar-refractivity contribution in [3.63, 3.8) is 0 Å². The van der Waals surface area contributed by atoms with Crippen LogP contribution in [0.25, 0.3) is 0 Å². The molecule has 0 spiro atoms. The van der Waals surface area contributed by atoms with Crippen LogP contribution >= 0.6 is 11.6 Å². The van der Waals surface area contributed by atoms with Gasteiger partial charge >= 0.3 is 0 Å². The Bertz CT molecular complexity index is 821. The fraction of sp³-hybridized carbons (Fsp3) is 0.333. The lowest BCUT2D eigenvalue weighted by molar-refractivity contribution is -0.0655. The van der Waals surface area contributed by atoms with Crippen LogP contribution in [0.2, 0.25) is 5.02 Å². The van der Waals surface area contributed by atoms with E-state index >= 15 is 0 Å². The number of hydrogen-bond donors (Lipinski definition) is 0. The highest BCUT2D eigenvalue weighted by molar-refractivity contribution is 7.89. The predicted molar refractivity (Wildman–Crippen MR) is 94.6 cm³/mol. The van der Waals surface area contributed by atoms with Crippen LogP contribution in [0.5, 0.6) is 0 Å². The van der Waals surface area contributed by atoms with E-state index in [9.17, 15) is 8.42 Å². The molecule has 1 unspecified atom stereocenters. The summed E-state index contributed by atoms with van der Waals surface area (Å²) >= 11 is 6.05. The van der Waals surface area contributed by atoms with Crippen LogP contribution < -0.4 is 0 Å². The number of sulfonamides is 1. The average molecular weight is 366 g/mol. The summed E-state index contributed by atoms with van der Waals surface area (Å²) in [7, 11) is -3.60. The lowest BCUT2D eigenvalue weighted by atomic mass is 10.0. The zero-order chi connectivity index (χ0) is 17.4. The standard InChI is InChI=1S/C18H20ClNO3S/c1-18(2)13-23-17(14-7-6-8-15(19)11-14)12-20(18)24(21,22)16-9-4-3-5-10-16/h3-11,17H,12-13H2,1-2H3. The number of nitrogens with zero attached hydrogens (tertiary/aromatic N) is 1. The van der Waals surface area contributed by atoms with Crippen molar-refractivity contribution < 1.29 is 13.2 Å². The summed E-state index contributed by atoms with van der Waals surface area (Å²) in [5, 5.41) is 0.610. The van der Waals surface area contributed by atoms with E-state index < -0.39 is 15.6 Å². The molecule has 1 heterocycles. The molecule has 1 fully saturated rings. The van der Waals surface area contributed by atoms with Gasteiger partial charge in [0.25, 0.3) is 0 Å². The first kappa shape index (κ1) is 17.4. The Morgan fingerprint density at radius 1 is 1.12 bits per heavy atom. The van der Waals surface area contributed by atoms with Crippen molar-refractivity contribution in [2.45, 2.75) is 30.4 Å². The first-order valence-electron chi connectivity index (χ1n) is 7.76. The van der Waals surface area contributed by atoms with E-state index in [-0.39, 0.29) is 12.6 Å². The molecular weight excluding hydrogens is 346 g/mol. The van der Waals surface area contributed by atoms with Crippen molar-refractivity contribution in [1.82, 2.24) is 4.31 Å². The summed E-state index contributed by atoms with van der Waals surface area (Å²) in [4.78, 5) is 0.296. The van der Waals surface area contributed by atoms with Crippen LogP contribution in [0, 0.1) is 0 Å². The van der Waals surface area contributed by atoms with E-state index in [1.165, 1.54) is 4.31 Å². The van der Waals surface area contributed by atoms with Crippen LogP contribution in [0.3, 0.4) is 0 Å². The molecule has 0 aromatic heterocycles. The zero-order valence-corrected chi connectivity index (χ0v) is 15.2. The summed E-state index contributed by atoms with van der Waals surface area (Å²) in [6.45, 7) is 4.32. The third kappa shape index (κ3) is 3.35. The Morgan fingerprint density at radius 2 is 1.83 bits per heavy atom. The van der Waals surface area contributed by atoms with Gasteiger partial charge in [0.05, 0.1) is 23.1 Å². The Labute approximate surface area is 148 Å². The van der Waals surface area contributed by atoms with Crippen molar-refractivity contribution in [2.24, 2.45) is 0 Å². The molecule has 0 amide bonds. The van der Waals surface area contributed by atoms with Crippen LogP contribution in [0.1, 0.15) is 25.5 Å². The summed E-state index contributed by atoms with van der Waals surface area (Å²) in [6, 6.07) is 15.9. The molecule has 1 atom stereocenters. The first-order valence-corrected chi connectivity index (χ1v) is 9.57. The molecule has 4 nitrogen and oxygen atoms in total. The maximum Gasteiger partial charge on any atom is 0.243 e. The Morgan fingerprint density at radius 3 is 2.50 bits per heavy atom. The highest BCUT2D eigenvalue weighted by atomic mass is 35.5. The van der Waals surface area contributed by atoms with Gasteiger partial charge in [-0.1, -0.05) is 41.9 Å². The van der Waals surface area contributed by atoms with Crippen LogP contribution in [-0.4, -0.2) is 31.4 Å². The minimum atomic E-state index is -3.60. The minimum Gasteiger partial charge on any atom is -0.370 e. The third-order valence-corrected chi connectivity index (χ3v) is 6.52. The van der Waals surface area contributed by atoms with Crippen LogP contribution in [0.4, 0.5) is 0 Å². The predicted octanol–water partition coefficient (Wildman–Crippen LogP) is 3.88. The van der Waals surface area contributed by atoms with Gasteiger partial charge in [-0.15, -0.1) is 0 Å². The fourth-order valence-electron chi connectivity index (χ4n) is 2.88. The summed E-state index contributed by atoms with van der Waals surface area (Å²) in [5.74, 6) is 0. The maximum absolute atomic E-state index is 13.1. The topological polar surface area (TPSA) is 46.6 Å². The van der Waals surface area contributed by atoms with Gasteiger partial charge in [0.15, 0.2) is 0 Å². The van der Waals surface area contributed by atoms with Crippen LogP contribution in [0.15, 0.2) is 59.5 Å². The maximum atomic E-state index is 13.1. The Hall–Kier alpha value is -1.40. The zero-order valence-electron chi connectivity index (χ0n) is 13.6. The number of ether oxygens (including phenoxy) is 1. The SMILES string of the molecule is CC1(C)COC(c2cccc(Cl)c2)CN1S(=O)(=O)c1ccccc1. The van der Waals surface area contributed by atoms with Crippen molar-refractivity contribution in [3.8, 4) is 0 Å². The van der Waals surface area contributed by atoms with Crippen LogP contribution in [-0.2, 0) is 14.8 Å². The number of halogens is 1. The smallest absolute Gasteiger partial charge is 0.243 e. The average Bonchev–Trinajstić information content (AvgIpc) is 2.55. The lowest BCUT2D eigenvalue weighted by Crippen LogP contribution is -2.56. The molecule has 0 aliphatic carbocycles. The van der Waals surface area contributed by atoms with Crippen molar-refractivity contribution >= 4 is 21.6 Å². The first-order chi connectivity index (χ1) is 11.3. The van der Waals surface area contributed by atoms with Gasteiger partial charge in [-0.3, -0.25) is 0 Å². The third-order valence-electron chi connectivity index (χ3n) is 4.20. The molecule has 0 saturated carbocycles. The lowest BCUT2D eigenvalue weighted by Gasteiger charge is -2.44. The normalized spacial score (nSPS) is 21.5. The second kappa shape index (κ2) is 6.48. The highest BCUT2D eigenvalue weighted by Crippen LogP contribution is 2.35. The molecule has 6 heteroatoms. The summed E-state index contributed by atoms with van der Waals surface area (Å²) in [6.07, 6.45) is -0.338. The fourth-order valence-corrected chi connectivity index (χ4v) is 4.87. The second-order valence-corrected chi connectivity index (χ2v) is 8.82. The van der Waals surface area contributed by atoms with E-state index in [2.05, 4.69) is 0 Å². The molecule has 0 bridgehead atoms. The van der Waals surface area contributed by atoms with Gasteiger partial charge in [-0.05, 0) is 43.7 Å². The quantitative estimate of drug-likeness (QED) is 0.829. The van der Waals surface area contributed by atoms with Crippen molar-refractivity contribution in [2.75, 3.05) is 13.2 Å². The summed E-state index contributed by atoms with van der Waals surface area (Å²) < 4.78 is 33.6. The van der Waals surface area contributed by atoms with E-state index in [0.717, 1.165) is 5.56 Å². The van der Waals surface area contributed by atoms with Gasteiger partial charge < -0.3 is 4.74 Å². The van der Waals surface area contributed by atoms with Gasteiger partial charge in [0.2, 0.25) is 10.0 Å². The van der Waals surface area contributed by atoms with E-state index in [4.69, 9.17) is 16.3 Å². The molecule has 1 saturated heterocycles. The number of benzene rings is 2.